The van der Waals surface area contributed by atoms with Gasteiger partial charge in [0.1, 0.15) is 5.82 Å². The van der Waals surface area contributed by atoms with Gasteiger partial charge in [-0.2, -0.15) is 0 Å². The molecular weight excluding hydrogens is 165 g/mol. The van der Waals surface area contributed by atoms with Crippen LogP contribution >= 0.6 is 0 Å². The number of halogens is 1. The molecule has 1 aromatic rings. The molecule has 0 spiro atoms. The molecule has 2 heteroatoms. The maximum atomic E-state index is 13.2. The van der Waals surface area contributed by atoms with Crippen LogP contribution in [0.25, 0.3) is 0 Å². The summed E-state index contributed by atoms with van der Waals surface area (Å²) in [6.45, 7) is 2.69. The number of hydrogen-bond donors (Lipinski definition) is 1. The van der Waals surface area contributed by atoms with Crippen molar-refractivity contribution in [2.24, 2.45) is 5.73 Å². The van der Waals surface area contributed by atoms with Gasteiger partial charge in [0, 0.05) is 0 Å². The molecule has 1 rings (SSSR count). The summed E-state index contributed by atoms with van der Waals surface area (Å²) in [6, 6.07) is 5.32. The van der Waals surface area contributed by atoms with Crippen molar-refractivity contribution in [1.29, 1.82) is 0 Å². The minimum absolute atomic E-state index is 0.106. The first-order valence-electron chi connectivity index (χ1n) is 4.75. The van der Waals surface area contributed by atoms with Crippen molar-refractivity contribution < 1.29 is 4.39 Å². The Bertz CT molecular complexity index is 271. The summed E-state index contributed by atoms with van der Waals surface area (Å²) in [7, 11) is 0. The fourth-order valence-electron chi connectivity index (χ4n) is 1.33. The second kappa shape index (κ2) is 4.97. The van der Waals surface area contributed by atoms with Crippen molar-refractivity contribution in [2.45, 2.75) is 26.2 Å². The summed E-state index contributed by atoms with van der Waals surface area (Å²) in [5, 5.41) is 0. The lowest BCUT2D eigenvalue weighted by Gasteiger charge is -2.04. The number of rotatable bonds is 4. The third-order valence-electron chi connectivity index (χ3n) is 2.17. The van der Waals surface area contributed by atoms with E-state index in [-0.39, 0.29) is 5.82 Å². The Balaban J connectivity index is 2.78. The average molecular weight is 181 g/mol. The van der Waals surface area contributed by atoms with E-state index < -0.39 is 0 Å². The van der Waals surface area contributed by atoms with Gasteiger partial charge in [-0.3, -0.25) is 0 Å². The normalized spacial score (nSPS) is 10.4. The van der Waals surface area contributed by atoms with Crippen molar-refractivity contribution in [3.05, 3.63) is 35.1 Å². The van der Waals surface area contributed by atoms with Crippen molar-refractivity contribution in [1.82, 2.24) is 0 Å². The predicted molar refractivity (Wildman–Crippen MR) is 53.2 cm³/mol. The van der Waals surface area contributed by atoms with Gasteiger partial charge in [0.2, 0.25) is 0 Å². The molecule has 0 bridgehead atoms. The van der Waals surface area contributed by atoms with Crippen molar-refractivity contribution in [3.8, 4) is 0 Å². The number of hydrogen-bond acceptors (Lipinski definition) is 1. The first-order chi connectivity index (χ1) is 6.27. The quantitative estimate of drug-likeness (QED) is 0.757. The Morgan fingerprint density at radius 1 is 1.38 bits per heavy atom. The van der Waals surface area contributed by atoms with Gasteiger partial charge < -0.3 is 5.73 Å². The van der Waals surface area contributed by atoms with Crippen molar-refractivity contribution in [3.63, 3.8) is 0 Å². The van der Waals surface area contributed by atoms with E-state index in [9.17, 15) is 4.39 Å². The van der Waals surface area contributed by atoms with Crippen LogP contribution in [0.4, 0.5) is 4.39 Å². The van der Waals surface area contributed by atoms with E-state index in [1.165, 1.54) is 5.56 Å². The number of aryl methyl sites for hydroxylation is 2. The van der Waals surface area contributed by atoms with Crippen LogP contribution in [0.1, 0.15) is 24.5 Å². The Labute approximate surface area is 78.8 Å². The van der Waals surface area contributed by atoms with E-state index in [0.717, 1.165) is 24.8 Å². The Morgan fingerprint density at radius 2 is 2.15 bits per heavy atom. The van der Waals surface area contributed by atoms with Crippen LogP contribution < -0.4 is 5.73 Å². The molecule has 0 saturated heterocycles. The molecule has 0 unspecified atom stereocenters. The topological polar surface area (TPSA) is 26.0 Å². The van der Waals surface area contributed by atoms with Gasteiger partial charge in [-0.05, 0) is 43.0 Å². The summed E-state index contributed by atoms with van der Waals surface area (Å²) < 4.78 is 13.2. The van der Waals surface area contributed by atoms with Crippen LogP contribution in [-0.2, 0) is 12.8 Å². The predicted octanol–water partition coefficient (Wildman–Crippen LogP) is 2.28. The summed E-state index contributed by atoms with van der Waals surface area (Å²) in [5.74, 6) is -0.106. The van der Waals surface area contributed by atoms with Gasteiger partial charge in [-0.25, -0.2) is 4.39 Å². The highest BCUT2D eigenvalue weighted by molar-refractivity contribution is 5.25. The van der Waals surface area contributed by atoms with Crippen LogP contribution in [-0.4, -0.2) is 6.54 Å². The molecule has 1 aromatic carbocycles. The zero-order valence-corrected chi connectivity index (χ0v) is 8.02. The van der Waals surface area contributed by atoms with Gasteiger partial charge in [-0.15, -0.1) is 0 Å². The van der Waals surface area contributed by atoms with Gasteiger partial charge in [0.25, 0.3) is 0 Å². The molecule has 0 saturated carbocycles. The first-order valence-corrected chi connectivity index (χ1v) is 4.75. The number of nitrogens with two attached hydrogens (primary N) is 1. The van der Waals surface area contributed by atoms with E-state index in [2.05, 4.69) is 6.92 Å². The Hall–Kier alpha value is -0.890. The Kier molecular flexibility index (Phi) is 3.90. The lowest BCUT2D eigenvalue weighted by Crippen LogP contribution is -2.02. The van der Waals surface area contributed by atoms with Crippen LogP contribution in [0, 0.1) is 5.82 Å². The molecule has 0 atom stereocenters. The van der Waals surface area contributed by atoms with Crippen LogP contribution in [0.15, 0.2) is 18.2 Å². The van der Waals surface area contributed by atoms with Gasteiger partial charge in [0.15, 0.2) is 0 Å². The van der Waals surface area contributed by atoms with Gasteiger partial charge in [-0.1, -0.05) is 19.1 Å². The second-order valence-corrected chi connectivity index (χ2v) is 3.17. The van der Waals surface area contributed by atoms with Crippen LogP contribution in [0.2, 0.25) is 0 Å². The van der Waals surface area contributed by atoms with E-state index in [0.29, 0.717) is 6.54 Å². The highest BCUT2D eigenvalue weighted by atomic mass is 19.1. The maximum absolute atomic E-state index is 13.2. The van der Waals surface area contributed by atoms with Crippen LogP contribution in [0.5, 0.6) is 0 Å². The molecule has 0 amide bonds. The third kappa shape index (κ3) is 2.81. The lowest BCUT2D eigenvalue weighted by atomic mass is 10.0. The summed E-state index contributed by atoms with van der Waals surface area (Å²) in [4.78, 5) is 0. The molecule has 0 aliphatic heterocycles. The fourth-order valence-corrected chi connectivity index (χ4v) is 1.33. The average Bonchev–Trinajstić information content (AvgIpc) is 2.17. The lowest BCUT2D eigenvalue weighted by molar-refractivity contribution is 0.604. The molecule has 0 heterocycles. The highest BCUT2D eigenvalue weighted by Gasteiger charge is 2.01. The first kappa shape index (κ1) is 10.2. The molecule has 13 heavy (non-hydrogen) atoms. The molecule has 0 radical (unpaired) electrons. The molecular formula is C11H16FN. The molecule has 2 N–H and O–H groups in total. The molecule has 0 aromatic heterocycles. The van der Waals surface area contributed by atoms with Crippen molar-refractivity contribution >= 4 is 0 Å². The van der Waals surface area contributed by atoms with Gasteiger partial charge in [0.05, 0.1) is 0 Å². The summed E-state index contributed by atoms with van der Waals surface area (Å²) >= 11 is 0. The maximum Gasteiger partial charge on any atom is 0.126 e. The fraction of sp³-hybridized carbons (Fsp3) is 0.455. The zero-order valence-electron chi connectivity index (χ0n) is 8.02. The zero-order chi connectivity index (χ0) is 9.68. The summed E-state index contributed by atoms with van der Waals surface area (Å²) in [5.41, 5.74) is 7.36. The van der Waals surface area contributed by atoms with Crippen molar-refractivity contribution in [2.75, 3.05) is 6.54 Å². The van der Waals surface area contributed by atoms with Crippen LogP contribution in [0.3, 0.4) is 0 Å². The monoisotopic (exact) mass is 181 g/mol. The van der Waals surface area contributed by atoms with E-state index in [1.807, 2.05) is 12.1 Å². The number of benzene rings is 1. The molecule has 1 nitrogen and oxygen atoms in total. The third-order valence-corrected chi connectivity index (χ3v) is 2.17. The molecule has 72 valence electrons. The Morgan fingerprint density at radius 3 is 2.77 bits per heavy atom. The minimum Gasteiger partial charge on any atom is -0.330 e. The standard InChI is InChI=1S/C11H16FN/c1-2-9-5-6-11(12)10(8-9)4-3-7-13/h5-6,8H,2-4,7,13H2,1H3. The smallest absolute Gasteiger partial charge is 0.126 e. The van der Waals surface area contributed by atoms with E-state index in [4.69, 9.17) is 5.73 Å². The minimum atomic E-state index is -0.106. The van der Waals surface area contributed by atoms with Gasteiger partial charge >= 0.3 is 0 Å². The summed E-state index contributed by atoms with van der Waals surface area (Å²) in [6.07, 6.45) is 2.55. The molecule has 0 aliphatic rings. The van der Waals surface area contributed by atoms with E-state index in [1.54, 1.807) is 6.07 Å². The molecule has 0 aliphatic carbocycles. The highest BCUT2D eigenvalue weighted by Crippen LogP contribution is 2.12. The molecule has 0 fully saturated rings. The largest absolute Gasteiger partial charge is 0.330 e. The SMILES string of the molecule is CCc1ccc(F)c(CCCN)c1. The van der Waals surface area contributed by atoms with E-state index >= 15 is 0 Å². The second-order valence-electron chi connectivity index (χ2n) is 3.17.